The average Bonchev–Trinajstić information content (AvgIpc) is 2.28. The topological polar surface area (TPSA) is 20.3 Å². The number of allylic oxidation sites excluding steroid dienone is 1. The number of piperidine rings is 2. The second-order valence-corrected chi connectivity index (χ2v) is 6.43. The van der Waals surface area contributed by atoms with Crippen LogP contribution in [0.2, 0.25) is 0 Å². The molecule has 0 spiro atoms. The van der Waals surface area contributed by atoms with Crippen molar-refractivity contribution >= 4 is 5.78 Å². The molecule has 3 aliphatic rings. The maximum absolute atomic E-state index is 11.9. The molecule has 2 heteroatoms. The Labute approximate surface area is 104 Å². The normalized spacial score (nSPS) is 44.4. The second-order valence-electron chi connectivity index (χ2n) is 6.43. The highest BCUT2D eigenvalue weighted by Gasteiger charge is 2.56. The fraction of sp³-hybridized carbons (Fsp3) is 0.800. The standard InChI is InChI=1S/C15H23NO/c1-12(17)13-6-10-15-8-3-4-11-16(15)14(13,2)7-5-9-15/h4,11,13H,3,5-10H2,1-2H3/t13?,14-,15?/m0/s1. The summed E-state index contributed by atoms with van der Waals surface area (Å²) in [5.74, 6) is 0.639. The summed E-state index contributed by atoms with van der Waals surface area (Å²) in [6.45, 7) is 4.10. The molecule has 3 heterocycles. The van der Waals surface area contributed by atoms with Crippen molar-refractivity contribution in [1.82, 2.24) is 4.90 Å². The third-order valence-electron chi connectivity index (χ3n) is 5.56. The maximum atomic E-state index is 11.9. The number of Topliss-reactive ketones (excluding diaryl/α,β-unsaturated/α-hetero) is 1. The lowest BCUT2D eigenvalue weighted by atomic mass is 9.60. The largest absolute Gasteiger partial charge is 0.366 e. The molecule has 2 saturated heterocycles. The van der Waals surface area contributed by atoms with Gasteiger partial charge in [0, 0.05) is 17.0 Å². The summed E-state index contributed by atoms with van der Waals surface area (Å²) in [6.07, 6.45) is 13.3. The van der Waals surface area contributed by atoms with E-state index >= 15 is 0 Å². The molecule has 94 valence electrons. The first-order chi connectivity index (χ1) is 8.08. The van der Waals surface area contributed by atoms with Crippen molar-refractivity contribution in [2.75, 3.05) is 0 Å². The molecular weight excluding hydrogens is 210 g/mol. The molecule has 0 saturated carbocycles. The Balaban J connectivity index is 2.04. The zero-order chi connectivity index (χ0) is 12.1. The van der Waals surface area contributed by atoms with Gasteiger partial charge in [-0.3, -0.25) is 4.79 Å². The van der Waals surface area contributed by atoms with Gasteiger partial charge in [-0.05, 0) is 65.0 Å². The monoisotopic (exact) mass is 233 g/mol. The SMILES string of the molecule is CC(=O)C1CCC23CCC=CN2[C@@]1(C)CCC3. The molecule has 0 aliphatic carbocycles. The van der Waals surface area contributed by atoms with Crippen LogP contribution in [0.4, 0.5) is 0 Å². The third kappa shape index (κ3) is 1.42. The van der Waals surface area contributed by atoms with E-state index in [-0.39, 0.29) is 11.5 Å². The summed E-state index contributed by atoms with van der Waals surface area (Å²) >= 11 is 0. The van der Waals surface area contributed by atoms with E-state index in [9.17, 15) is 4.79 Å². The molecule has 2 unspecified atom stereocenters. The Morgan fingerprint density at radius 3 is 2.88 bits per heavy atom. The van der Waals surface area contributed by atoms with Gasteiger partial charge in [-0.25, -0.2) is 0 Å². The number of carbonyl (C=O) groups is 1. The lowest BCUT2D eigenvalue weighted by Gasteiger charge is -2.64. The number of ketones is 1. The number of hydrogen-bond donors (Lipinski definition) is 0. The second kappa shape index (κ2) is 3.60. The first-order valence-electron chi connectivity index (χ1n) is 7.05. The summed E-state index contributed by atoms with van der Waals surface area (Å²) in [6, 6.07) is 0. The van der Waals surface area contributed by atoms with Gasteiger partial charge in [-0.2, -0.15) is 0 Å². The highest BCUT2D eigenvalue weighted by Crippen LogP contribution is 2.54. The van der Waals surface area contributed by atoms with Crippen molar-refractivity contribution in [3.63, 3.8) is 0 Å². The molecule has 0 aromatic carbocycles. The number of carbonyl (C=O) groups excluding carboxylic acids is 1. The molecular formula is C15H23NO. The van der Waals surface area contributed by atoms with Gasteiger partial charge in [0.05, 0.1) is 0 Å². The average molecular weight is 233 g/mol. The van der Waals surface area contributed by atoms with Gasteiger partial charge in [0.25, 0.3) is 0 Å². The van der Waals surface area contributed by atoms with Gasteiger partial charge in [0.15, 0.2) is 0 Å². The molecule has 0 aromatic heterocycles. The Kier molecular flexibility index (Phi) is 2.39. The van der Waals surface area contributed by atoms with Gasteiger partial charge in [-0.1, -0.05) is 6.08 Å². The van der Waals surface area contributed by atoms with Gasteiger partial charge in [-0.15, -0.1) is 0 Å². The zero-order valence-corrected chi connectivity index (χ0v) is 11.0. The van der Waals surface area contributed by atoms with E-state index in [0.29, 0.717) is 11.3 Å². The summed E-state index contributed by atoms with van der Waals surface area (Å²) in [5, 5.41) is 0. The molecule has 3 rings (SSSR count). The molecule has 3 atom stereocenters. The maximum Gasteiger partial charge on any atom is 0.135 e. The molecule has 2 fully saturated rings. The van der Waals surface area contributed by atoms with Crippen LogP contribution in [0.3, 0.4) is 0 Å². The molecule has 0 radical (unpaired) electrons. The summed E-state index contributed by atoms with van der Waals surface area (Å²) in [5.41, 5.74) is 0.493. The van der Waals surface area contributed by atoms with E-state index in [1.165, 1.54) is 38.5 Å². The van der Waals surface area contributed by atoms with Crippen LogP contribution in [-0.4, -0.2) is 21.8 Å². The molecule has 2 nitrogen and oxygen atoms in total. The molecule has 0 N–H and O–H groups in total. The summed E-state index contributed by atoms with van der Waals surface area (Å²) in [4.78, 5) is 14.5. The number of rotatable bonds is 1. The van der Waals surface area contributed by atoms with Crippen molar-refractivity contribution in [2.45, 2.75) is 69.9 Å². The van der Waals surface area contributed by atoms with E-state index in [2.05, 4.69) is 24.1 Å². The number of nitrogens with zero attached hydrogens (tertiary/aromatic N) is 1. The first-order valence-corrected chi connectivity index (χ1v) is 7.05. The van der Waals surface area contributed by atoms with Gasteiger partial charge < -0.3 is 4.90 Å². The van der Waals surface area contributed by atoms with Crippen molar-refractivity contribution < 1.29 is 4.79 Å². The third-order valence-corrected chi connectivity index (χ3v) is 5.56. The van der Waals surface area contributed by atoms with E-state index < -0.39 is 0 Å². The first kappa shape index (κ1) is 11.3. The van der Waals surface area contributed by atoms with Crippen molar-refractivity contribution in [1.29, 1.82) is 0 Å². The molecule has 3 aliphatic heterocycles. The van der Waals surface area contributed by atoms with Crippen LogP contribution < -0.4 is 0 Å². The smallest absolute Gasteiger partial charge is 0.135 e. The lowest BCUT2D eigenvalue weighted by molar-refractivity contribution is -0.141. The molecule has 17 heavy (non-hydrogen) atoms. The van der Waals surface area contributed by atoms with Gasteiger partial charge >= 0.3 is 0 Å². The minimum Gasteiger partial charge on any atom is -0.366 e. The van der Waals surface area contributed by atoms with E-state index in [1.54, 1.807) is 6.92 Å². The quantitative estimate of drug-likeness (QED) is 0.692. The van der Waals surface area contributed by atoms with Gasteiger partial charge in [0.2, 0.25) is 0 Å². The zero-order valence-electron chi connectivity index (χ0n) is 11.0. The predicted molar refractivity (Wildman–Crippen MR) is 68.6 cm³/mol. The van der Waals surface area contributed by atoms with E-state index in [0.717, 1.165) is 6.42 Å². The Hall–Kier alpha value is -0.790. The van der Waals surface area contributed by atoms with Crippen LogP contribution in [0.5, 0.6) is 0 Å². The Bertz CT molecular complexity index is 375. The van der Waals surface area contributed by atoms with Crippen LogP contribution in [0, 0.1) is 5.92 Å². The highest BCUT2D eigenvalue weighted by molar-refractivity contribution is 5.80. The van der Waals surface area contributed by atoms with Crippen LogP contribution in [0.1, 0.15) is 58.8 Å². The predicted octanol–water partition coefficient (Wildman–Crippen LogP) is 3.28. The van der Waals surface area contributed by atoms with Crippen LogP contribution in [-0.2, 0) is 4.79 Å². The fourth-order valence-electron chi connectivity index (χ4n) is 4.74. The molecule has 0 aromatic rings. The molecule has 0 amide bonds. The fourth-order valence-corrected chi connectivity index (χ4v) is 4.74. The van der Waals surface area contributed by atoms with Crippen LogP contribution >= 0.6 is 0 Å². The molecule has 2 bridgehead atoms. The van der Waals surface area contributed by atoms with E-state index in [1.807, 2.05) is 0 Å². The van der Waals surface area contributed by atoms with E-state index in [4.69, 9.17) is 0 Å². The minimum atomic E-state index is 0.0965. The van der Waals surface area contributed by atoms with Crippen molar-refractivity contribution in [3.05, 3.63) is 12.3 Å². The Morgan fingerprint density at radius 1 is 1.29 bits per heavy atom. The number of hydrogen-bond acceptors (Lipinski definition) is 2. The van der Waals surface area contributed by atoms with Crippen molar-refractivity contribution in [3.8, 4) is 0 Å². The Morgan fingerprint density at radius 2 is 2.12 bits per heavy atom. The van der Waals surface area contributed by atoms with Crippen LogP contribution in [0.15, 0.2) is 12.3 Å². The lowest BCUT2D eigenvalue weighted by Crippen LogP contribution is -2.67. The minimum absolute atomic E-state index is 0.0965. The summed E-state index contributed by atoms with van der Waals surface area (Å²) in [7, 11) is 0. The van der Waals surface area contributed by atoms with Gasteiger partial charge in [0.1, 0.15) is 5.78 Å². The highest BCUT2D eigenvalue weighted by atomic mass is 16.1. The van der Waals surface area contributed by atoms with Crippen LogP contribution in [0.25, 0.3) is 0 Å². The summed E-state index contributed by atoms with van der Waals surface area (Å²) < 4.78 is 0. The van der Waals surface area contributed by atoms with Crippen molar-refractivity contribution in [2.24, 2.45) is 5.92 Å².